The van der Waals surface area contributed by atoms with Gasteiger partial charge >= 0.3 is 0 Å². The van der Waals surface area contributed by atoms with E-state index in [0.717, 1.165) is 0 Å². The first kappa shape index (κ1) is 10.0. The highest BCUT2D eigenvalue weighted by atomic mass is 14.1. The van der Waals surface area contributed by atoms with Gasteiger partial charge in [0, 0.05) is 5.92 Å². The minimum Gasteiger partial charge on any atom is -0.0881 e. The zero-order valence-corrected chi connectivity index (χ0v) is 8.96. The quantitative estimate of drug-likeness (QED) is 0.593. The molecule has 0 aliphatic rings. The lowest BCUT2D eigenvalue weighted by Gasteiger charge is -2.12. The Morgan fingerprint density at radius 3 is 2.62 bits per heavy atom. The van der Waals surface area contributed by atoms with E-state index in [-0.39, 0.29) is 0 Å². The molecule has 0 nitrogen and oxygen atoms in total. The van der Waals surface area contributed by atoms with Crippen molar-refractivity contribution in [2.75, 3.05) is 0 Å². The first-order valence-corrected chi connectivity index (χ1v) is 4.84. The van der Waals surface area contributed by atoms with Crippen LogP contribution >= 0.6 is 0 Å². The van der Waals surface area contributed by atoms with Crippen LogP contribution in [0.5, 0.6) is 0 Å². The maximum absolute atomic E-state index is 2.26. The fourth-order valence-electron chi connectivity index (χ4n) is 1.45. The monoisotopic (exact) mass is 174 g/mol. The summed E-state index contributed by atoms with van der Waals surface area (Å²) in [5, 5.41) is 0. The Balaban J connectivity index is 2.95. The van der Waals surface area contributed by atoms with Crippen molar-refractivity contribution in [3.63, 3.8) is 0 Å². The van der Waals surface area contributed by atoms with Crippen molar-refractivity contribution in [3.8, 4) is 0 Å². The fourth-order valence-corrected chi connectivity index (χ4v) is 1.45. The summed E-state index contributed by atoms with van der Waals surface area (Å²) in [6.45, 7) is 8.68. The van der Waals surface area contributed by atoms with Gasteiger partial charge in [0.1, 0.15) is 0 Å². The van der Waals surface area contributed by atoms with Crippen LogP contribution in [0.4, 0.5) is 0 Å². The Kier molecular flexibility index (Phi) is 3.30. The molecule has 1 rings (SSSR count). The molecule has 0 aliphatic heterocycles. The average Bonchev–Trinajstić information content (AvgIpc) is 2.15. The molecule has 0 N–H and O–H groups in total. The molecule has 0 bridgehead atoms. The molecule has 0 aromatic heterocycles. The lowest BCUT2D eigenvalue weighted by molar-refractivity contribution is 0.888. The molecular formula is C13H18. The van der Waals surface area contributed by atoms with Crippen LogP contribution in [-0.2, 0) is 0 Å². The maximum atomic E-state index is 2.26. The van der Waals surface area contributed by atoms with E-state index in [1.54, 1.807) is 0 Å². The predicted octanol–water partition coefficient (Wildman–Crippen LogP) is 4.06. The highest BCUT2D eigenvalue weighted by Gasteiger charge is 2.05. The zero-order valence-electron chi connectivity index (χ0n) is 8.96. The summed E-state index contributed by atoms with van der Waals surface area (Å²) in [5.74, 6) is 0.546. The summed E-state index contributed by atoms with van der Waals surface area (Å²) in [6.07, 6.45) is 2.19. The van der Waals surface area contributed by atoms with Crippen LogP contribution in [0.2, 0.25) is 0 Å². The molecule has 0 fully saturated rings. The normalized spacial score (nSPS) is 14.3. The summed E-state index contributed by atoms with van der Waals surface area (Å²) in [7, 11) is 0. The van der Waals surface area contributed by atoms with E-state index in [4.69, 9.17) is 0 Å². The maximum Gasteiger partial charge on any atom is 0.00170 e. The molecule has 0 saturated heterocycles. The van der Waals surface area contributed by atoms with Crippen LogP contribution in [0.1, 0.15) is 37.8 Å². The van der Waals surface area contributed by atoms with Crippen LogP contribution in [0, 0.1) is 6.92 Å². The minimum absolute atomic E-state index is 0.546. The Morgan fingerprint density at radius 2 is 2.08 bits per heavy atom. The van der Waals surface area contributed by atoms with Crippen LogP contribution in [-0.4, -0.2) is 0 Å². The fraction of sp³-hybridized carbons (Fsp3) is 0.385. The van der Waals surface area contributed by atoms with Crippen LogP contribution in [0.25, 0.3) is 0 Å². The molecule has 0 heterocycles. The SMILES string of the molecule is C/C=C(\C)C(C)c1cccc(C)c1. The summed E-state index contributed by atoms with van der Waals surface area (Å²) < 4.78 is 0. The van der Waals surface area contributed by atoms with Crippen LogP contribution < -0.4 is 0 Å². The first-order valence-electron chi connectivity index (χ1n) is 4.84. The second kappa shape index (κ2) is 4.27. The van der Waals surface area contributed by atoms with Gasteiger partial charge < -0.3 is 0 Å². The second-order valence-electron chi connectivity index (χ2n) is 3.67. The number of aryl methyl sites for hydroxylation is 1. The van der Waals surface area contributed by atoms with E-state index in [0.29, 0.717) is 5.92 Å². The van der Waals surface area contributed by atoms with Gasteiger partial charge in [-0.05, 0) is 26.3 Å². The van der Waals surface area contributed by atoms with Crippen molar-refractivity contribution in [3.05, 3.63) is 47.0 Å². The second-order valence-corrected chi connectivity index (χ2v) is 3.67. The van der Waals surface area contributed by atoms with Gasteiger partial charge in [0.15, 0.2) is 0 Å². The minimum atomic E-state index is 0.546. The smallest absolute Gasteiger partial charge is 0.00170 e. The van der Waals surface area contributed by atoms with Crippen molar-refractivity contribution >= 4 is 0 Å². The van der Waals surface area contributed by atoms with E-state index in [9.17, 15) is 0 Å². The molecular weight excluding hydrogens is 156 g/mol. The topological polar surface area (TPSA) is 0 Å². The predicted molar refractivity (Wildman–Crippen MR) is 59.0 cm³/mol. The standard InChI is InChI=1S/C13H18/c1-5-11(3)12(4)13-8-6-7-10(2)9-13/h5-9,12H,1-4H3/b11-5+. The number of allylic oxidation sites excluding steroid dienone is 2. The van der Waals surface area contributed by atoms with Crippen molar-refractivity contribution in [1.82, 2.24) is 0 Å². The van der Waals surface area contributed by atoms with E-state index in [1.807, 2.05) is 0 Å². The Bertz CT molecular complexity index is 308. The van der Waals surface area contributed by atoms with Gasteiger partial charge in [-0.25, -0.2) is 0 Å². The van der Waals surface area contributed by atoms with Gasteiger partial charge in [-0.15, -0.1) is 0 Å². The van der Waals surface area contributed by atoms with Gasteiger partial charge in [0.2, 0.25) is 0 Å². The summed E-state index contributed by atoms with van der Waals surface area (Å²) >= 11 is 0. The van der Waals surface area contributed by atoms with Gasteiger partial charge in [-0.1, -0.05) is 48.4 Å². The summed E-state index contributed by atoms with van der Waals surface area (Å²) in [4.78, 5) is 0. The molecule has 0 saturated carbocycles. The largest absolute Gasteiger partial charge is 0.0881 e. The van der Waals surface area contributed by atoms with Crippen molar-refractivity contribution in [1.29, 1.82) is 0 Å². The molecule has 0 radical (unpaired) electrons. The molecule has 1 unspecified atom stereocenters. The lowest BCUT2D eigenvalue weighted by atomic mass is 9.93. The Labute approximate surface area is 81.3 Å². The molecule has 0 spiro atoms. The number of hydrogen-bond acceptors (Lipinski definition) is 0. The molecule has 0 heteroatoms. The summed E-state index contributed by atoms with van der Waals surface area (Å²) in [5.41, 5.74) is 4.19. The third-order valence-corrected chi connectivity index (χ3v) is 2.68. The van der Waals surface area contributed by atoms with E-state index in [1.165, 1.54) is 16.7 Å². The molecule has 1 aromatic carbocycles. The molecule has 0 amide bonds. The molecule has 1 atom stereocenters. The molecule has 13 heavy (non-hydrogen) atoms. The van der Waals surface area contributed by atoms with Gasteiger partial charge in [0.05, 0.1) is 0 Å². The van der Waals surface area contributed by atoms with E-state index in [2.05, 4.69) is 58.0 Å². The third-order valence-electron chi connectivity index (χ3n) is 2.68. The number of hydrogen-bond donors (Lipinski definition) is 0. The Morgan fingerprint density at radius 1 is 1.38 bits per heavy atom. The van der Waals surface area contributed by atoms with Crippen molar-refractivity contribution in [2.24, 2.45) is 0 Å². The number of benzene rings is 1. The Hall–Kier alpha value is -1.04. The molecule has 70 valence electrons. The van der Waals surface area contributed by atoms with E-state index >= 15 is 0 Å². The summed E-state index contributed by atoms with van der Waals surface area (Å²) in [6, 6.07) is 8.73. The van der Waals surface area contributed by atoms with Crippen LogP contribution in [0.15, 0.2) is 35.9 Å². The highest BCUT2D eigenvalue weighted by molar-refractivity contribution is 5.30. The van der Waals surface area contributed by atoms with E-state index < -0.39 is 0 Å². The van der Waals surface area contributed by atoms with Crippen molar-refractivity contribution in [2.45, 2.75) is 33.6 Å². The van der Waals surface area contributed by atoms with Gasteiger partial charge in [-0.3, -0.25) is 0 Å². The van der Waals surface area contributed by atoms with Crippen molar-refractivity contribution < 1.29 is 0 Å². The molecule has 1 aromatic rings. The molecule has 0 aliphatic carbocycles. The zero-order chi connectivity index (χ0) is 9.84. The van der Waals surface area contributed by atoms with Gasteiger partial charge in [0.25, 0.3) is 0 Å². The third kappa shape index (κ3) is 2.45. The first-order chi connectivity index (χ1) is 6.15. The lowest BCUT2D eigenvalue weighted by Crippen LogP contribution is -1.94. The van der Waals surface area contributed by atoms with Crippen LogP contribution in [0.3, 0.4) is 0 Å². The highest BCUT2D eigenvalue weighted by Crippen LogP contribution is 2.23. The number of rotatable bonds is 2. The average molecular weight is 174 g/mol. The van der Waals surface area contributed by atoms with Gasteiger partial charge in [-0.2, -0.15) is 0 Å².